The van der Waals surface area contributed by atoms with Crippen molar-refractivity contribution in [1.82, 2.24) is 29.4 Å². The summed E-state index contributed by atoms with van der Waals surface area (Å²) in [5.74, 6) is -0.282. The summed E-state index contributed by atoms with van der Waals surface area (Å²) >= 11 is 6.31. The molecule has 1 saturated carbocycles. The highest BCUT2D eigenvalue weighted by atomic mass is 35.5. The van der Waals surface area contributed by atoms with Crippen LogP contribution < -0.4 is 19.3 Å². The van der Waals surface area contributed by atoms with E-state index >= 15 is 0 Å². The Kier molecular flexibility index (Phi) is 11.4. The highest BCUT2D eigenvalue weighted by Gasteiger charge is 2.41. The molecule has 18 heteroatoms. The first kappa shape index (κ1) is 43.6. The molecule has 0 bridgehead atoms. The van der Waals surface area contributed by atoms with Gasteiger partial charge in [0.2, 0.25) is 5.88 Å². The number of amides is 1. The second-order valence-corrected chi connectivity index (χ2v) is 20.9. The first-order chi connectivity index (χ1) is 32.5. The number of fused-ring (bicyclic) bond motifs is 3. The summed E-state index contributed by atoms with van der Waals surface area (Å²) in [6.45, 7) is 6.40. The number of H-pyrrole nitrogens is 1. The maximum atomic E-state index is 14.5. The Morgan fingerprint density at radius 3 is 2.51 bits per heavy atom. The van der Waals surface area contributed by atoms with Gasteiger partial charge in [-0.05, 0) is 116 Å². The van der Waals surface area contributed by atoms with E-state index in [9.17, 15) is 23.3 Å². The Balaban J connectivity index is 0.875. The Morgan fingerprint density at radius 1 is 0.940 bits per heavy atom. The molecule has 6 heterocycles. The molecule has 1 amide bonds. The molecule has 0 radical (unpaired) electrons. The number of pyridine rings is 1. The molecule has 5 aliphatic rings. The molecule has 348 valence electrons. The highest BCUT2D eigenvalue weighted by Crippen LogP contribution is 2.55. The number of hydrogen-bond acceptors (Lipinski definition) is 12. The number of nitrogens with one attached hydrogen (secondary N) is 2. The van der Waals surface area contributed by atoms with Crippen molar-refractivity contribution in [3.8, 4) is 5.88 Å². The Bertz CT molecular complexity index is 3040. The number of non-ortho nitro benzene ring substituents is 1. The smallest absolute Gasteiger partial charge is 0.296 e. The van der Waals surface area contributed by atoms with Crippen molar-refractivity contribution >= 4 is 77.8 Å². The predicted octanol–water partition coefficient (Wildman–Crippen LogP) is 8.48. The van der Waals surface area contributed by atoms with E-state index in [1.807, 2.05) is 41.3 Å². The first-order valence-corrected chi connectivity index (χ1v) is 25.1. The summed E-state index contributed by atoms with van der Waals surface area (Å²) in [6, 6.07) is 20.0. The second kappa shape index (κ2) is 17.6. The standard InChI is InChI=1S/C49H52ClN9O7S/c50-37-4-2-33(3-5-37)41-28-49(12-1-13-49)14-8-35(41)31-55-16-18-56(19-17-55)38-6-7-40(42(26-38)57-20-23-66-48-44(57)25-34-9-15-51-46(34)53-48)47(60)54-67(63,64)39-24-36-29-52-58(30-32-10-21-65-22-11-32)45(36)43(27-39)59(61)62/h2-7,9,15,24-27,29,32H,1,8,10-14,16-23,28,30-31H2,(H,51,53)(H,54,60). The molecular weight excluding hydrogens is 894 g/mol. The number of sulfonamides is 1. The fourth-order valence-electron chi connectivity index (χ4n) is 10.8. The van der Waals surface area contributed by atoms with Gasteiger partial charge in [-0.15, -0.1) is 0 Å². The maximum Gasteiger partial charge on any atom is 0.296 e. The highest BCUT2D eigenvalue weighted by molar-refractivity contribution is 7.90. The number of halogens is 1. The molecular formula is C49H52ClN9O7S. The largest absolute Gasteiger partial charge is 0.474 e. The number of carbonyl (C=O) groups is 1. The second-order valence-electron chi connectivity index (χ2n) is 18.8. The van der Waals surface area contributed by atoms with Crippen LogP contribution in [-0.2, 0) is 21.3 Å². The molecule has 3 fully saturated rings. The van der Waals surface area contributed by atoms with Gasteiger partial charge in [-0.1, -0.05) is 35.7 Å². The molecule has 16 nitrogen and oxygen atoms in total. The number of benzene rings is 3. The van der Waals surface area contributed by atoms with E-state index in [0.717, 1.165) is 80.6 Å². The normalized spacial score (nSPS) is 19.1. The number of ether oxygens (including phenoxy) is 2. The van der Waals surface area contributed by atoms with Gasteiger partial charge in [-0.25, -0.2) is 13.1 Å². The average Bonchev–Trinajstić information content (AvgIpc) is 3.97. The molecule has 6 aromatic rings. The molecule has 67 heavy (non-hydrogen) atoms. The van der Waals surface area contributed by atoms with Gasteiger partial charge in [-0.3, -0.25) is 24.5 Å². The van der Waals surface area contributed by atoms with Gasteiger partial charge < -0.3 is 24.3 Å². The first-order valence-electron chi connectivity index (χ1n) is 23.2. The molecule has 1 spiro atoms. The molecule has 0 unspecified atom stereocenters. The summed E-state index contributed by atoms with van der Waals surface area (Å²) in [6.07, 6.45) is 12.2. The summed E-state index contributed by atoms with van der Waals surface area (Å²) in [7, 11) is -4.62. The minimum Gasteiger partial charge on any atom is -0.474 e. The van der Waals surface area contributed by atoms with Crippen LogP contribution >= 0.6 is 11.6 Å². The van der Waals surface area contributed by atoms with Crippen LogP contribution in [0, 0.1) is 21.4 Å². The van der Waals surface area contributed by atoms with E-state index in [1.165, 1.54) is 54.7 Å². The van der Waals surface area contributed by atoms with Gasteiger partial charge in [0, 0.05) is 86.2 Å². The third-order valence-corrected chi connectivity index (χ3v) is 16.3. The van der Waals surface area contributed by atoms with E-state index in [2.05, 4.69) is 36.7 Å². The summed E-state index contributed by atoms with van der Waals surface area (Å²) in [4.78, 5) is 40.5. The van der Waals surface area contributed by atoms with E-state index in [-0.39, 0.29) is 29.0 Å². The SMILES string of the molecule is O=C(NS(=O)(=O)c1cc([N+](=O)[O-])c2c(cnn2CC2CCOCC2)c1)c1ccc(N2CCN(CC3=C(c4ccc(Cl)cc4)CC4(CCC4)CC3)CC2)cc1N1CCOc2nc3[nH]ccc3cc21. The van der Waals surface area contributed by atoms with Crippen molar-refractivity contribution < 1.29 is 27.6 Å². The molecule has 3 aliphatic heterocycles. The third kappa shape index (κ3) is 8.51. The lowest BCUT2D eigenvalue weighted by Crippen LogP contribution is -2.47. The number of anilines is 3. The van der Waals surface area contributed by atoms with Gasteiger partial charge in [0.25, 0.3) is 21.6 Å². The molecule has 3 aromatic heterocycles. The third-order valence-electron chi connectivity index (χ3n) is 14.7. The van der Waals surface area contributed by atoms with Crippen LogP contribution in [0.25, 0.3) is 27.5 Å². The molecule has 2 aliphatic carbocycles. The van der Waals surface area contributed by atoms with Crippen molar-refractivity contribution in [2.75, 3.05) is 68.9 Å². The van der Waals surface area contributed by atoms with Crippen LogP contribution in [0.3, 0.4) is 0 Å². The number of carbonyl (C=O) groups excluding carboxylic acids is 1. The zero-order valence-electron chi connectivity index (χ0n) is 37.1. The number of rotatable bonds is 11. The number of allylic oxidation sites excluding steroid dienone is 1. The van der Waals surface area contributed by atoms with Crippen molar-refractivity contribution in [1.29, 1.82) is 0 Å². The summed E-state index contributed by atoms with van der Waals surface area (Å²) < 4.78 is 43.6. The lowest BCUT2D eigenvalue weighted by Gasteiger charge is -2.47. The Morgan fingerprint density at radius 2 is 1.75 bits per heavy atom. The van der Waals surface area contributed by atoms with Crippen LogP contribution in [0.15, 0.2) is 89.6 Å². The minimum atomic E-state index is -4.62. The number of aromatic nitrogens is 4. The van der Waals surface area contributed by atoms with Gasteiger partial charge in [0.05, 0.1) is 33.8 Å². The van der Waals surface area contributed by atoms with E-state index < -0.39 is 31.4 Å². The average molecular weight is 947 g/mol. The lowest BCUT2D eigenvalue weighted by molar-refractivity contribution is -0.383. The number of nitro benzene ring substituents is 1. The number of nitrogens with zero attached hydrogens (tertiary/aromatic N) is 7. The van der Waals surface area contributed by atoms with Crippen LogP contribution in [0.4, 0.5) is 22.7 Å². The molecule has 0 atom stereocenters. The quantitative estimate of drug-likeness (QED) is 0.0936. The number of nitro groups is 1. The van der Waals surface area contributed by atoms with E-state index in [4.69, 9.17) is 26.1 Å². The fourth-order valence-corrected chi connectivity index (χ4v) is 12.0. The maximum absolute atomic E-state index is 14.5. The van der Waals surface area contributed by atoms with Crippen molar-refractivity contribution in [2.45, 2.75) is 62.8 Å². The van der Waals surface area contributed by atoms with Gasteiger partial charge >= 0.3 is 0 Å². The van der Waals surface area contributed by atoms with Crippen molar-refractivity contribution in [2.24, 2.45) is 11.3 Å². The number of piperazine rings is 1. The molecule has 2 N–H and O–H groups in total. The van der Waals surface area contributed by atoms with Crippen LogP contribution in [0.1, 0.15) is 67.3 Å². The van der Waals surface area contributed by atoms with Gasteiger partial charge in [0.1, 0.15) is 23.5 Å². The number of hydrogen-bond donors (Lipinski definition) is 2. The number of aromatic amines is 1. The molecule has 2 saturated heterocycles. The molecule has 3 aromatic carbocycles. The van der Waals surface area contributed by atoms with Crippen LogP contribution in [0.5, 0.6) is 5.88 Å². The summed E-state index contributed by atoms with van der Waals surface area (Å²) in [5.41, 5.74) is 7.32. The van der Waals surface area contributed by atoms with Crippen molar-refractivity contribution in [3.63, 3.8) is 0 Å². The van der Waals surface area contributed by atoms with Gasteiger partial charge in [0.15, 0.2) is 0 Å². The van der Waals surface area contributed by atoms with Crippen LogP contribution in [-0.4, -0.2) is 103 Å². The predicted molar refractivity (Wildman–Crippen MR) is 257 cm³/mol. The van der Waals surface area contributed by atoms with Crippen LogP contribution in [0.2, 0.25) is 5.02 Å². The lowest BCUT2D eigenvalue weighted by atomic mass is 9.59. The zero-order valence-corrected chi connectivity index (χ0v) is 38.7. The Hall–Kier alpha value is -6.01. The van der Waals surface area contributed by atoms with Crippen molar-refractivity contribution in [3.05, 3.63) is 111 Å². The van der Waals surface area contributed by atoms with E-state index in [0.29, 0.717) is 54.6 Å². The Labute approximate surface area is 393 Å². The fraction of sp³-hybridized carbons (Fsp3) is 0.408. The van der Waals surface area contributed by atoms with E-state index in [1.54, 1.807) is 16.9 Å². The van der Waals surface area contributed by atoms with Gasteiger partial charge in [-0.2, -0.15) is 10.1 Å². The minimum absolute atomic E-state index is 0.107. The summed E-state index contributed by atoms with van der Waals surface area (Å²) in [5, 5.41) is 18.8. The topological polar surface area (TPSA) is 181 Å². The monoisotopic (exact) mass is 945 g/mol. The zero-order chi connectivity index (χ0) is 45.9. The molecule has 11 rings (SSSR count).